The van der Waals surface area contributed by atoms with Gasteiger partial charge in [0.2, 0.25) is 11.8 Å². The number of carbonyl (C=O) groups is 2. The minimum atomic E-state index is -0.810. The molecule has 2 amide bonds. The first-order chi connectivity index (χ1) is 27.6. The molecule has 6 heterocycles. The van der Waals surface area contributed by atoms with Gasteiger partial charge in [-0.3, -0.25) is 14.5 Å². The van der Waals surface area contributed by atoms with Crippen molar-refractivity contribution in [2.75, 3.05) is 32.8 Å². The second kappa shape index (κ2) is 16.5. The highest BCUT2D eigenvalue weighted by Crippen LogP contribution is 2.33. The topological polar surface area (TPSA) is 183 Å². The lowest BCUT2D eigenvalue weighted by molar-refractivity contribution is -0.141. The van der Waals surface area contributed by atoms with E-state index in [0.717, 1.165) is 57.9 Å². The Morgan fingerprint density at radius 3 is 2.63 bits per heavy atom. The van der Waals surface area contributed by atoms with Crippen LogP contribution in [0, 0.1) is 18.8 Å². The predicted octanol–water partition coefficient (Wildman–Crippen LogP) is 5.32. The normalized spacial score (nSPS) is 17.9. The average Bonchev–Trinajstić information content (AvgIpc) is 4.00. The fraction of sp³-hybridized carbons (Fsp3) is 0.381. The highest BCUT2D eigenvalue weighted by molar-refractivity contribution is 7.13. The van der Waals surface area contributed by atoms with Crippen molar-refractivity contribution < 1.29 is 29.1 Å². The molecule has 0 aliphatic carbocycles. The Labute approximate surface area is 333 Å². The van der Waals surface area contributed by atoms with E-state index in [1.165, 1.54) is 4.90 Å². The van der Waals surface area contributed by atoms with Gasteiger partial charge >= 0.3 is 0 Å². The summed E-state index contributed by atoms with van der Waals surface area (Å²) in [6, 6.07) is 20.0. The zero-order chi connectivity index (χ0) is 39.6. The maximum Gasteiger partial charge on any atom is 0.254 e. The summed E-state index contributed by atoms with van der Waals surface area (Å²) in [6.07, 6.45) is 0.234. The lowest BCUT2D eigenvalue weighted by Crippen LogP contribution is -2.49. The first-order valence-electron chi connectivity index (χ1n) is 19.3. The molecule has 0 saturated carbocycles. The predicted molar refractivity (Wildman–Crippen MR) is 214 cm³/mol. The van der Waals surface area contributed by atoms with Crippen LogP contribution in [0.2, 0.25) is 0 Å². The summed E-state index contributed by atoms with van der Waals surface area (Å²) < 4.78 is 11.6. The van der Waals surface area contributed by atoms with Crippen LogP contribution in [-0.2, 0) is 22.6 Å². The highest BCUT2D eigenvalue weighted by atomic mass is 32.1. The number of fused-ring (bicyclic) bond motifs is 1. The Morgan fingerprint density at radius 2 is 1.88 bits per heavy atom. The summed E-state index contributed by atoms with van der Waals surface area (Å²) in [6.45, 7) is 9.15. The third-order valence-electron chi connectivity index (χ3n) is 10.9. The molecule has 6 aromatic rings. The van der Waals surface area contributed by atoms with E-state index in [9.17, 15) is 19.8 Å². The molecule has 8 rings (SSSR count). The Morgan fingerprint density at radius 1 is 1.07 bits per heavy atom. The number of aliphatic hydroxyl groups is 1. The molecule has 15 heteroatoms. The molecule has 2 aromatic carbocycles. The number of H-pyrrole nitrogens is 1. The molecule has 4 aromatic heterocycles. The van der Waals surface area contributed by atoms with E-state index < -0.39 is 18.1 Å². The number of phenols is 1. The number of nitrogens with one attached hydrogen (secondary N) is 2. The number of hydrogen-bond donors (Lipinski definition) is 4. The Balaban J connectivity index is 0.808. The first-order valence-corrected chi connectivity index (χ1v) is 20.2. The number of ether oxygens (including phenoxy) is 1. The van der Waals surface area contributed by atoms with Gasteiger partial charge in [0.15, 0.2) is 11.4 Å². The fourth-order valence-corrected chi connectivity index (χ4v) is 8.68. The molecule has 0 spiro atoms. The monoisotopic (exact) mass is 790 g/mol. The molecule has 57 heavy (non-hydrogen) atoms. The second-order valence-electron chi connectivity index (χ2n) is 15.4. The molecule has 2 aliphatic rings. The highest BCUT2D eigenvalue weighted by Gasteiger charge is 2.43. The van der Waals surface area contributed by atoms with E-state index in [-0.39, 0.29) is 36.4 Å². The minimum absolute atomic E-state index is 0.0618. The van der Waals surface area contributed by atoms with Crippen molar-refractivity contribution in [1.29, 1.82) is 0 Å². The molecular formula is C42H46N8O6S. The zero-order valence-electron chi connectivity index (χ0n) is 32.1. The molecule has 2 fully saturated rings. The molecule has 2 aliphatic heterocycles. The summed E-state index contributed by atoms with van der Waals surface area (Å²) >= 11 is 1.59. The van der Waals surface area contributed by atoms with Crippen molar-refractivity contribution >= 4 is 34.2 Å². The minimum Gasteiger partial charge on any atom is -0.507 e. The number of phenolic OH excluding ortho intramolecular Hbond substituents is 1. The summed E-state index contributed by atoms with van der Waals surface area (Å²) in [5.74, 6) is -0.152. The van der Waals surface area contributed by atoms with E-state index in [2.05, 4.69) is 41.6 Å². The van der Waals surface area contributed by atoms with Crippen molar-refractivity contribution in [3.8, 4) is 33.3 Å². The van der Waals surface area contributed by atoms with Crippen LogP contribution in [-0.4, -0.2) is 102 Å². The number of aromatic hydroxyl groups is 1. The summed E-state index contributed by atoms with van der Waals surface area (Å²) in [5.41, 5.74) is 7.91. The van der Waals surface area contributed by atoms with Gasteiger partial charge < -0.3 is 34.7 Å². The number of likely N-dealkylation sites (tertiary alicyclic amines) is 2. The lowest BCUT2D eigenvalue weighted by atomic mass is 9.91. The molecule has 0 unspecified atom stereocenters. The van der Waals surface area contributed by atoms with E-state index >= 15 is 0 Å². The lowest BCUT2D eigenvalue weighted by Gasteiger charge is -2.39. The maximum atomic E-state index is 14.0. The smallest absolute Gasteiger partial charge is 0.254 e. The molecule has 3 atom stereocenters. The molecule has 0 radical (unpaired) electrons. The van der Waals surface area contributed by atoms with Gasteiger partial charge in [0.25, 0.3) is 5.88 Å². The van der Waals surface area contributed by atoms with Crippen molar-refractivity contribution in [3.63, 3.8) is 0 Å². The number of amides is 2. The maximum absolute atomic E-state index is 14.0. The summed E-state index contributed by atoms with van der Waals surface area (Å²) in [4.78, 5) is 40.1. The van der Waals surface area contributed by atoms with E-state index in [1.54, 1.807) is 29.5 Å². The number of aromatic amines is 1. The van der Waals surface area contributed by atoms with Gasteiger partial charge in [0, 0.05) is 61.9 Å². The SMILES string of the molecule is Cc1ncsc1-c1ccc(CNC(=O)[C@@H]2C[C@@H](O)CN2C(=O)[C@@H](c2cc(OCCN3CC(Cc4cc5cc(-c6ccccc6O)nnc5[nH]4)C3)no2)C(C)C)cc1. The number of benzene rings is 2. The molecule has 296 valence electrons. The molecule has 14 nitrogen and oxygen atoms in total. The number of hydrogen-bond acceptors (Lipinski definition) is 12. The number of thiazole rings is 1. The van der Waals surface area contributed by atoms with Crippen LogP contribution < -0.4 is 10.1 Å². The van der Waals surface area contributed by atoms with E-state index in [0.29, 0.717) is 48.5 Å². The zero-order valence-corrected chi connectivity index (χ0v) is 32.9. The van der Waals surface area contributed by atoms with E-state index in [1.807, 2.05) is 68.7 Å². The molecule has 4 N–H and O–H groups in total. The molecular weight excluding hydrogens is 745 g/mol. The number of carbonyl (C=O) groups excluding carboxylic acids is 2. The number of nitrogens with zero attached hydrogens (tertiary/aromatic N) is 6. The number of aromatic nitrogens is 5. The number of aliphatic hydroxyl groups excluding tert-OH is 1. The van der Waals surface area contributed by atoms with Crippen molar-refractivity contribution in [2.45, 2.75) is 58.2 Å². The fourth-order valence-electron chi connectivity index (χ4n) is 7.87. The first kappa shape index (κ1) is 38.2. The quantitative estimate of drug-likeness (QED) is 0.112. The van der Waals surface area contributed by atoms with Gasteiger partial charge in [0.05, 0.1) is 27.9 Å². The number of aryl methyl sites for hydroxylation is 1. The third-order valence-corrected chi connectivity index (χ3v) is 11.8. The molecule has 0 bridgehead atoms. The van der Waals surface area contributed by atoms with Crippen LogP contribution in [0.4, 0.5) is 0 Å². The third kappa shape index (κ3) is 8.41. The van der Waals surface area contributed by atoms with Crippen LogP contribution in [0.5, 0.6) is 11.6 Å². The van der Waals surface area contributed by atoms with Crippen LogP contribution in [0.25, 0.3) is 32.7 Å². The Bertz CT molecular complexity index is 2350. The number of β-amino-alcohol motifs (C(OH)–C–C–N with tert-alkyl or cyclic N) is 1. The Kier molecular flexibility index (Phi) is 11.0. The van der Waals surface area contributed by atoms with Crippen LogP contribution >= 0.6 is 11.3 Å². The van der Waals surface area contributed by atoms with Crippen LogP contribution in [0.1, 0.15) is 48.9 Å². The standard InChI is InChI=1S/C42H46N8O6S/c1-24(2)38(42(54)50-22-31(51)17-34(50)41(53)43-19-26-8-10-28(11-9-26)39-25(3)44-23-57-39)36-18-37(48-56-36)55-13-12-49-20-27(21-49)14-30-15-29-16-33(46-47-40(29)45-30)32-6-4-5-7-35(32)52/h4-11,15-16,18,23-24,27,31,34,38,51-52H,12-14,17,19-22H2,1-3H3,(H,43,53)(H,45,47)/t31-,34+,38-/m1/s1. The summed E-state index contributed by atoms with van der Waals surface area (Å²) in [5, 5.41) is 37.5. The second-order valence-corrected chi connectivity index (χ2v) is 16.2. The number of para-hydroxylation sites is 1. The number of rotatable bonds is 14. The van der Waals surface area contributed by atoms with Gasteiger partial charge in [-0.15, -0.1) is 21.5 Å². The average molecular weight is 791 g/mol. The van der Waals surface area contributed by atoms with Gasteiger partial charge in [0.1, 0.15) is 24.3 Å². The van der Waals surface area contributed by atoms with Crippen molar-refractivity contribution in [2.24, 2.45) is 11.8 Å². The van der Waals surface area contributed by atoms with Crippen molar-refractivity contribution in [3.05, 3.63) is 95.0 Å². The summed E-state index contributed by atoms with van der Waals surface area (Å²) in [7, 11) is 0. The van der Waals surface area contributed by atoms with Gasteiger partial charge in [-0.25, -0.2) is 4.98 Å². The van der Waals surface area contributed by atoms with E-state index in [4.69, 9.17) is 9.26 Å². The van der Waals surface area contributed by atoms with Gasteiger partial charge in [-0.05, 0) is 65.7 Å². The van der Waals surface area contributed by atoms with Gasteiger partial charge in [-0.1, -0.05) is 50.2 Å². The van der Waals surface area contributed by atoms with Crippen molar-refractivity contribution in [1.82, 2.24) is 40.4 Å². The van der Waals surface area contributed by atoms with Gasteiger partial charge in [-0.2, -0.15) is 0 Å². The van der Waals surface area contributed by atoms with Crippen LogP contribution in [0.15, 0.2) is 76.8 Å². The Hall–Kier alpha value is -5.64. The van der Waals surface area contributed by atoms with Crippen LogP contribution in [0.3, 0.4) is 0 Å². The largest absolute Gasteiger partial charge is 0.507 e. The molecule has 2 saturated heterocycles.